The van der Waals surface area contributed by atoms with Crippen LogP contribution < -0.4 is 5.32 Å². The van der Waals surface area contributed by atoms with E-state index in [-0.39, 0.29) is 19.5 Å². The van der Waals surface area contributed by atoms with E-state index in [1.54, 1.807) is 6.92 Å². The van der Waals surface area contributed by atoms with Crippen LogP contribution in [0.1, 0.15) is 19.8 Å². The smallest absolute Gasteiger partial charge is 0.326 e. The number of likely N-dealkylation sites (tertiary alicyclic amines) is 1. The predicted molar refractivity (Wildman–Crippen MR) is 68.1 cm³/mol. The zero-order chi connectivity index (χ0) is 15.7. The summed E-state index contributed by atoms with van der Waals surface area (Å²) in [7, 11) is 0. The minimum absolute atomic E-state index is 0.0636. The minimum atomic E-state index is -1.22. The topological polar surface area (TPSA) is 127 Å². The van der Waals surface area contributed by atoms with Crippen LogP contribution in [0.5, 0.6) is 0 Å². The Hall–Kier alpha value is -2.16. The van der Waals surface area contributed by atoms with Crippen molar-refractivity contribution in [2.75, 3.05) is 13.1 Å². The lowest BCUT2D eigenvalue weighted by atomic mass is 10.1. The van der Waals surface area contributed by atoms with Crippen LogP contribution in [0.4, 0.5) is 4.79 Å². The summed E-state index contributed by atoms with van der Waals surface area (Å²) in [6, 6.07) is -2.68. The fourth-order valence-corrected chi connectivity index (χ4v) is 2.70. The molecule has 9 nitrogen and oxygen atoms in total. The predicted octanol–water partition coefficient (Wildman–Crippen LogP) is -1.64. The monoisotopic (exact) mass is 299 g/mol. The van der Waals surface area contributed by atoms with Crippen molar-refractivity contribution in [1.29, 1.82) is 0 Å². The quantitative estimate of drug-likeness (QED) is 0.525. The molecule has 0 aliphatic carbocycles. The summed E-state index contributed by atoms with van der Waals surface area (Å²) in [4.78, 5) is 48.9. The summed E-state index contributed by atoms with van der Waals surface area (Å²) in [6.45, 7) is 1.26. The number of imide groups is 1. The maximum absolute atomic E-state index is 12.5. The molecule has 1 unspecified atom stereocenters. The number of carboxylic acids is 1. The molecule has 2 aliphatic heterocycles. The molecule has 2 saturated heterocycles. The van der Waals surface area contributed by atoms with E-state index in [4.69, 9.17) is 5.11 Å². The van der Waals surface area contributed by atoms with Crippen molar-refractivity contribution in [3.63, 3.8) is 0 Å². The van der Waals surface area contributed by atoms with Gasteiger partial charge in [0.1, 0.15) is 18.6 Å². The maximum atomic E-state index is 12.5. The molecule has 0 aromatic rings. The van der Waals surface area contributed by atoms with Crippen LogP contribution in [-0.4, -0.2) is 75.1 Å². The molecule has 4 amide bonds. The van der Waals surface area contributed by atoms with Gasteiger partial charge < -0.3 is 20.0 Å². The summed E-state index contributed by atoms with van der Waals surface area (Å²) >= 11 is 0. The zero-order valence-electron chi connectivity index (χ0n) is 11.5. The van der Waals surface area contributed by atoms with Gasteiger partial charge in [0, 0.05) is 13.0 Å². The number of nitrogens with one attached hydrogen (secondary N) is 1. The van der Waals surface area contributed by atoms with Gasteiger partial charge in [-0.25, -0.2) is 9.59 Å². The van der Waals surface area contributed by atoms with E-state index in [1.165, 1.54) is 0 Å². The van der Waals surface area contributed by atoms with Crippen molar-refractivity contribution in [2.45, 2.75) is 38.0 Å². The van der Waals surface area contributed by atoms with Gasteiger partial charge in [0.25, 0.3) is 0 Å². The van der Waals surface area contributed by atoms with Crippen LogP contribution in [0.25, 0.3) is 0 Å². The van der Waals surface area contributed by atoms with E-state index >= 15 is 0 Å². The molecule has 3 atom stereocenters. The highest BCUT2D eigenvalue weighted by molar-refractivity contribution is 6.04. The van der Waals surface area contributed by atoms with Crippen molar-refractivity contribution in [3.05, 3.63) is 0 Å². The van der Waals surface area contributed by atoms with Crippen molar-refractivity contribution in [2.24, 2.45) is 0 Å². The molecule has 0 radical (unpaired) electrons. The highest BCUT2D eigenvalue weighted by atomic mass is 16.4. The van der Waals surface area contributed by atoms with Gasteiger partial charge in [0.15, 0.2) is 0 Å². The Morgan fingerprint density at radius 1 is 1.33 bits per heavy atom. The lowest BCUT2D eigenvalue weighted by Crippen LogP contribution is -2.62. The van der Waals surface area contributed by atoms with Crippen LogP contribution in [0, 0.1) is 0 Å². The van der Waals surface area contributed by atoms with Gasteiger partial charge >= 0.3 is 12.0 Å². The number of amides is 4. The van der Waals surface area contributed by atoms with Crippen LogP contribution in [0.3, 0.4) is 0 Å². The summed E-state index contributed by atoms with van der Waals surface area (Å²) in [5.74, 6) is -2.40. The number of nitrogens with zero attached hydrogens (tertiary/aromatic N) is 2. The number of carbonyl (C=O) groups excluding carboxylic acids is 3. The molecular formula is C12H17N3O6. The fraction of sp³-hybridized carbons (Fsp3) is 0.667. The maximum Gasteiger partial charge on any atom is 0.326 e. The number of carbonyl (C=O) groups is 4. The molecule has 0 spiro atoms. The Morgan fingerprint density at radius 2 is 2.00 bits per heavy atom. The third kappa shape index (κ3) is 2.82. The number of rotatable bonds is 2. The lowest BCUT2D eigenvalue weighted by Gasteiger charge is -2.36. The van der Waals surface area contributed by atoms with Crippen molar-refractivity contribution in [3.8, 4) is 0 Å². The van der Waals surface area contributed by atoms with Crippen molar-refractivity contribution < 1.29 is 29.4 Å². The second-order valence-corrected chi connectivity index (χ2v) is 5.14. The standard InChI is InChI=1S/C12H17N3O6/c1-2-7-10(18)13-9(17)5-15(7)12(21)14-4-6(16)3-8(14)11(19)20/h6-8,16H,2-5H2,1H3,(H,19,20)(H,13,17,18)/t6-,7?,8-/m1/s1. The molecule has 2 heterocycles. The number of hydrogen-bond donors (Lipinski definition) is 3. The van der Waals surface area contributed by atoms with E-state index in [0.29, 0.717) is 6.42 Å². The van der Waals surface area contributed by atoms with Gasteiger partial charge in [-0.1, -0.05) is 6.92 Å². The van der Waals surface area contributed by atoms with E-state index in [9.17, 15) is 24.3 Å². The van der Waals surface area contributed by atoms with Crippen molar-refractivity contribution in [1.82, 2.24) is 15.1 Å². The molecule has 0 aromatic heterocycles. The van der Waals surface area contributed by atoms with E-state index < -0.39 is 42.0 Å². The third-order valence-corrected chi connectivity index (χ3v) is 3.70. The Balaban J connectivity index is 2.22. The first kappa shape index (κ1) is 15.2. The summed E-state index contributed by atoms with van der Waals surface area (Å²) < 4.78 is 0. The summed E-state index contributed by atoms with van der Waals surface area (Å²) in [5, 5.41) is 20.8. The number of aliphatic hydroxyl groups is 1. The molecule has 9 heteroatoms. The average molecular weight is 299 g/mol. The van der Waals surface area contributed by atoms with Gasteiger partial charge in [-0.15, -0.1) is 0 Å². The Bertz CT molecular complexity index is 493. The Kier molecular flexibility index (Phi) is 4.12. The van der Waals surface area contributed by atoms with Crippen molar-refractivity contribution >= 4 is 23.8 Å². The number of carboxylic acid groups (broad SMARTS) is 1. The molecule has 0 bridgehead atoms. The van der Waals surface area contributed by atoms with E-state index in [2.05, 4.69) is 5.32 Å². The van der Waals surface area contributed by atoms with E-state index in [0.717, 1.165) is 9.80 Å². The highest BCUT2D eigenvalue weighted by Gasteiger charge is 2.44. The molecule has 0 saturated carbocycles. The third-order valence-electron chi connectivity index (χ3n) is 3.70. The molecule has 3 N–H and O–H groups in total. The van der Waals surface area contributed by atoms with Gasteiger partial charge in [-0.3, -0.25) is 14.9 Å². The van der Waals surface area contributed by atoms with Gasteiger partial charge in [-0.05, 0) is 6.42 Å². The molecule has 2 aliphatic rings. The number of piperazine rings is 1. The minimum Gasteiger partial charge on any atom is -0.480 e. The normalized spacial score (nSPS) is 29.5. The summed E-state index contributed by atoms with van der Waals surface area (Å²) in [6.07, 6.45) is -0.686. The number of urea groups is 1. The van der Waals surface area contributed by atoms with Crippen LogP contribution in [0.15, 0.2) is 0 Å². The first-order chi connectivity index (χ1) is 9.85. The van der Waals surface area contributed by atoms with Crippen LogP contribution >= 0.6 is 0 Å². The largest absolute Gasteiger partial charge is 0.480 e. The zero-order valence-corrected chi connectivity index (χ0v) is 11.5. The Labute approximate surface area is 120 Å². The SMILES string of the molecule is CCC1C(=O)NC(=O)CN1C(=O)N1C[C@H](O)C[C@@H]1C(=O)O. The molecule has 116 valence electrons. The molecule has 2 fully saturated rings. The molecule has 21 heavy (non-hydrogen) atoms. The number of aliphatic hydroxyl groups excluding tert-OH is 1. The van der Waals surface area contributed by atoms with Gasteiger partial charge in [0.05, 0.1) is 6.10 Å². The molecule has 2 rings (SSSR count). The highest BCUT2D eigenvalue weighted by Crippen LogP contribution is 2.22. The number of β-amino-alcohol motifs (C(OH)–C–C–N with tert-alkyl or cyclic N) is 1. The second kappa shape index (κ2) is 5.68. The van der Waals surface area contributed by atoms with E-state index in [1.807, 2.05) is 0 Å². The second-order valence-electron chi connectivity index (χ2n) is 5.14. The summed E-state index contributed by atoms with van der Waals surface area (Å²) in [5.41, 5.74) is 0. The number of hydrogen-bond acceptors (Lipinski definition) is 5. The first-order valence-electron chi connectivity index (χ1n) is 6.67. The van der Waals surface area contributed by atoms with Crippen LogP contribution in [-0.2, 0) is 14.4 Å². The first-order valence-corrected chi connectivity index (χ1v) is 6.67. The fourth-order valence-electron chi connectivity index (χ4n) is 2.70. The molecule has 0 aromatic carbocycles. The van der Waals surface area contributed by atoms with Crippen LogP contribution in [0.2, 0.25) is 0 Å². The van der Waals surface area contributed by atoms with Gasteiger partial charge in [-0.2, -0.15) is 0 Å². The Morgan fingerprint density at radius 3 is 2.57 bits per heavy atom. The van der Waals surface area contributed by atoms with Gasteiger partial charge in [0.2, 0.25) is 11.8 Å². The molecular weight excluding hydrogens is 282 g/mol. The number of aliphatic carboxylic acids is 1. The average Bonchev–Trinajstić information content (AvgIpc) is 2.79. The lowest BCUT2D eigenvalue weighted by molar-refractivity contribution is -0.141.